The van der Waals surface area contributed by atoms with Gasteiger partial charge in [-0.05, 0) is 105 Å². The Morgan fingerprint density at radius 1 is 0.354 bits per heavy atom. The lowest BCUT2D eigenvalue weighted by molar-refractivity contribution is -0.285. The number of esters is 5. The molecule has 15 rings (SSSR count). The number of alkyl halides is 1. The van der Waals surface area contributed by atoms with Crippen molar-refractivity contribution in [1.82, 2.24) is 65.8 Å². The highest BCUT2D eigenvalue weighted by Crippen LogP contribution is 2.29. The molecule has 0 spiro atoms. The summed E-state index contributed by atoms with van der Waals surface area (Å²) in [6.07, 6.45) is 9.47. The number of hydrogen-bond acceptors (Lipinski definition) is 31. The van der Waals surface area contributed by atoms with Crippen molar-refractivity contribution in [2.24, 2.45) is 11.5 Å². The number of nitrogens with two attached hydrogens (primary N) is 2. The molecular formula is C90H106BrN15O21. The summed E-state index contributed by atoms with van der Waals surface area (Å²) in [6, 6.07) is 66.3. The molecule has 5 heterocycles. The Morgan fingerprint density at radius 2 is 0.622 bits per heavy atom. The molecule has 0 saturated heterocycles. The molecule has 0 bridgehead atoms. The number of methoxy groups -OCH3 is 10. The normalized spacial score (nSPS) is 9.96. The highest BCUT2D eigenvalue weighted by atomic mass is 79.9. The van der Waals surface area contributed by atoms with E-state index in [1.54, 1.807) is 96.2 Å². The second kappa shape index (κ2) is 57.4. The zero-order valence-corrected chi connectivity index (χ0v) is 74.5. The van der Waals surface area contributed by atoms with Crippen molar-refractivity contribution in [3.05, 3.63) is 299 Å². The smallest absolute Gasteiger partial charge is 0.337 e. The van der Waals surface area contributed by atoms with E-state index in [0.717, 1.165) is 82.3 Å². The van der Waals surface area contributed by atoms with Crippen LogP contribution in [0.3, 0.4) is 0 Å². The highest BCUT2D eigenvalue weighted by molar-refractivity contribution is 9.08. The third-order valence-electron chi connectivity index (χ3n) is 17.6. The number of nitrogens with one attached hydrogen (secondary N) is 4. The Bertz CT molecular complexity index is 5430. The first-order chi connectivity index (χ1) is 61.8. The second-order valence-corrected chi connectivity index (χ2v) is 25.6. The van der Waals surface area contributed by atoms with Gasteiger partial charge in [-0.3, -0.25) is 23.8 Å². The molecule has 5 aromatic heterocycles. The number of carbonyl (C=O) groups is 5. The maximum Gasteiger partial charge on any atom is 0.337 e. The van der Waals surface area contributed by atoms with Crippen LogP contribution in [0.1, 0.15) is 79.6 Å². The molecule has 0 radical (unpaired) electrons. The van der Waals surface area contributed by atoms with Crippen LogP contribution in [-0.2, 0) is 70.2 Å². The number of fused-ring (bicyclic) bond motifs is 5. The molecule has 0 fully saturated rings. The molecule has 0 unspecified atom stereocenters. The molecule has 15 aromatic rings. The van der Waals surface area contributed by atoms with Gasteiger partial charge in [-0.1, -0.05) is 137 Å². The molecule has 0 saturated carbocycles. The van der Waals surface area contributed by atoms with E-state index in [4.69, 9.17) is 58.4 Å². The predicted molar refractivity (Wildman–Crippen MR) is 484 cm³/mol. The Kier molecular flexibility index (Phi) is 46.8. The summed E-state index contributed by atoms with van der Waals surface area (Å²) in [5.74, 6) is 1.37. The molecule has 0 aliphatic heterocycles. The van der Waals surface area contributed by atoms with Crippen LogP contribution in [0.25, 0.3) is 54.5 Å². The average Bonchev–Trinajstić information content (AvgIpc) is 1.70. The minimum absolute atomic E-state index is 0.357. The number of halogens is 1. The van der Waals surface area contributed by atoms with Gasteiger partial charge in [0.1, 0.15) is 28.7 Å². The number of para-hydroxylation sites is 3. The number of hydroxylamine groups is 3. The third kappa shape index (κ3) is 31.6. The number of rotatable bonds is 22. The molecule has 0 aliphatic carbocycles. The van der Waals surface area contributed by atoms with Gasteiger partial charge in [-0.15, -0.1) is 15.0 Å². The Hall–Kier alpha value is -14.1. The number of hydrogen-bond donors (Lipinski definition) is 9. The number of aromatic nitrogens is 10. The number of ether oxygens (including phenoxy) is 10. The topological polar surface area (TPSA) is 454 Å². The average molecular weight is 1810 g/mol. The van der Waals surface area contributed by atoms with Crippen molar-refractivity contribution in [2.45, 2.75) is 31.5 Å². The van der Waals surface area contributed by atoms with Crippen LogP contribution in [0.15, 0.2) is 243 Å². The molecule has 674 valence electrons. The molecule has 0 amide bonds. The van der Waals surface area contributed by atoms with Crippen LogP contribution in [0.5, 0.6) is 28.7 Å². The monoisotopic (exact) mass is 1810 g/mol. The van der Waals surface area contributed by atoms with Crippen LogP contribution in [0.2, 0.25) is 0 Å². The van der Waals surface area contributed by atoms with Crippen molar-refractivity contribution < 1.29 is 102 Å². The minimum atomic E-state index is -0.380. The Balaban J connectivity index is 0.000000265. The predicted octanol–water partition coefficient (Wildman–Crippen LogP) is 13.4. The minimum Gasteiger partial charge on any atom is -0.496 e. The quantitative estimate of drug-likeness (QED) is 0.0100. The second-order valence-electron chi connectivity index (χ2n) is 25.1. The lowest BCUT2D eigenvalue weighted by Gasteiger charge is -2.11. The van der Waals surface area contributed by atoms with Gasteiger partial charge in [-0.2, -0.15) is 41.9 Å². The Morgan fingerprint density at radius 3 is 0.906 bits per heavy atom. The number of nitrogens with zero attached hydrogens (tertiary/aromatic N) is 9. The third-order valence-corrected chi connectivity index (χ3v) is 18.2. The van der Waals surface area contributed by atoms with Gasteiger partial charge in [0.05, 0.1) is 171 Å². The molecule has 10 aromatic carbocycles. The van der Waals surface area contributed by atoms with Crippen molar-refractivity contribution >= 4 is 100 Å². The molecule has 37 heteroatoms. The van der Waals surface area contributed by atoms with Crippen molar-refractivity contribution in [1.29, 1.82) is 0 Å². The SMILES string of the molecule is CN.CN.CNOO.CNOO.CNOO.COC(=O)c1ccc(CBr)c(OC)c1.COC(=O)c1ccc(Cn2cc3ccccc3n2)c(OC)c1.COC(=O)c1ccc(Cn2cc3ccccc3n2)c(OC)c1.COC(=O)c1ccc(Cn2ncc3ccccc32)c(OC)c1.COC(=O)c1ccc(Cn2ncc3ccccc32)c(OC)c1.c1ccc2[nH]ncc2c1. The van der Waals surface area contributed by atoms with Crippen LogP contribution in [-0.4, -0.2) is 201 Å². The highest BCUT2D eigenvalue weighted by Gasteiger charge is 2.18. The van der Waals surface area contributed by atoms with E-state index >= 15 is 0 Å². The van der Waals surface area contributed by atoms with E-state index < -0.39 is 0 Å². The van der Waals surface area contributed by atoms with Crippen LogP contribution >= 0.6 is 15.9 Å². The number of benzene rings is 10. The lowest BCUT2D eigenvalue weighted by atomic mass is 10.1. The summed E-state index contributed by atoms with van der Waals surface area (Å²) in [6.45, 7) is 2.27. The maximum absolute atomic E-state index is 11.6. The summed E-state index contributed by atoms with van der Waals surface area (Å²) in [5.41, 5.74) is 27.2. The van der Waals surface area contributed by atoms with Crippen LogP contribution < -0.4 is 51.6 Å². The number of carbonyl (C=O) groups excluding carboxylic acids is 5. The van der Waals surface area contributed by atoms with Gasteiger partial charge in [0, 0.05) is 93.6 Å². The van der Waals surface area contributed by atoms with Crippen LogP contribution in [0, 0.1) is 0 Å². The zero-order chi connectivity index (χ0) is 93.0. The van der Waals surface area contributed by atoms with E-state index in [1.165, 1.54) is 70.8 Å². The first-order valence-electron chi connectivity index (χ1n) is 38.2. The standard InChI is InChI=1S/4C17H16N2O3.C10H11BrO3.C7H6N2.3CH5NO2.2CH5N/c2*1-21-16-9-12(17(20)22-2)7-8-14(16)11-19-10-13-5-3-4-6-15(13)18-19;2*1-21-16-9-12(17(20)22-2)7-8-14(16)11-19-15-6-4-3-5-13(15)10-18-19;1-13-9-5-7(10(12)14-2)3-4-8(9)6-11;1-2-4-7-6(3-1)5-8-9-7;3*1-2-4-3;2*1-2/h4*3-10H,11H2,1-2H3;3-5H,6H2,1-2H3;1-5H,(H,8,9);3*2-3H,1H3;2*2H2,1H3. The van der Waals surface area contributed by atoms with E-state index in [0.29, 0.717) is 88.1 Å². The lowest BCUT2D eigenvalue weighted by Crippen LogP contribution is -2.06. The van der Waals surface area contributed by atoms with Crippen LogP contribution in [0.4, 0.5) is 0 Å². The van der Waals surface area contributed by atoms with Gasteiger partial charge in [0.2, 0.25) is 0 Å². The first kappa shape index (κ1) is 103. The molecular weight excluding hydrogens is 1710 g/mol. The fourth-order valence-electron chi connectivity index (χ4n) is 11.6. The molecule has 127 heavy (non-hydrogen) atoms. The van der Waals surface area contributed by atoms with Gasteiger partial charge in [0.15, 0.2) is 0 Å². The summed E-state index contributed by atoms with van der Waals surface area (Å²) < 4.78 is 57.7. The molecule has 0 aliphatic rings. The number of aromatic amines is 1. The van der Waals surface area contributed by atoms with Gasteiger partial charge < -0.3 is 58.8 Å². The summed E-state index contributed by atoms with van der Waals surface area (Å²) >= 11 is 3.33. The van der Waals surface area contributed by atoms with Crippen molar-refractivity contribution in [3.8, 4) is 28.7 Å². The molecule has 36 nitrogen and oxygen atoms in total. The molecule has 11 N–H and O–H groups in total. The fraction of sp³-hybridized carbons (Fsp3) is 0.222. The Labute approximate surface area is 741 Å². The number of H-pyrrole nitrogens is 1. The zero-order valence-electron chi connectivity index (χ0n) is 72.9. The van der Waals surface area contributed by atoms with E-state index in [2.05, 4.69) is 77.7 Å². The molecule has 0 atom stereocenters. The van der Waals surface area contributed by atoms with E-state index in [1.807, 2.05) is 218 Å². The van der Waals surface area contributed by atoms with E-state index in [-0.39, 0.29) is 29.8 Å². The summed E-state index contributed by atoms with van der Waals surface area (Å²) in [5, 5.41) is 52.6. The van der Waals surface area contributed by atoms with Gasteiger partial charge in [-0.25, -0.2) is 39.7 Å². The first-order valence-corrected chi connectivity index (χ1v) is 39.4. The van der Waals surface area contributed by atoms with Crippen molar-refractivity contribution in [2.75, 3.05) is 106 Å². The summed E-state index contributed by atoms with van der Waals surface area (Å²) in [4.78, 5) is 67.4. The van der Waals surface area contributed by atoms with E-state index in [9.17, 15) is 24.0 Å². The van der Waals surface area contributed by atoms with Gasteiger partial charge >= 0.3 is 29.8 Å². The fourth-order valence-corrected chi connectivity index (χ4v) is 12.1. The summed E-state index contributed by atoms with van der Waals surface area (Å²) in [7, 11) is 22.1. The largest absolute Gasteiger partial charge is 0.496 e. The van der Waals surface area contributed by atoms with Crippen molar-refractivity contribution in [3.63, 3.8) is 0 Å². The van der Waals surface area contributed by atoms with Gasteiger partial charge in [0.25, 0.3) is 0 Å². The maximum atomic E-state index is 11.6.